The Labute approximate surface area is 181 Å². The maximum atomic E-state index is 11.9. The second-order valence-corrected chi connectivity index (χ2v) is 7.55. The van der Waals surface area contributed by atoms with Gasteiger partial charge in [0.25, 0.3) is 0 Å². The number of unbranched alkanes of at least 4 members (excludes halogenated alkanes) is 1. The minimum atomic E-state index is -0.415. The Morgan fingerprint density at radius 2 is 2.10 bits per heavy atom. The van der Waals surface area contributed by atoms with E-state index in [1.54, 1.807) is 6.21 Å². The highest BCUT2D eigenvalue weighted by Gasteiger charge is 2.28. The van der Waals surface area contributed by atoms with E-state index >= 15 is 0 Å². The van der Waals surface area contributed by atoms with Crippen LogP contribution in [-0.4, -0.2) is 44.3 Å². The average Bonchev–Trinajstić information content (AvgIpc) is 2.76. The number of methoxy groups -OCH3 is 1. The Morgan fingerprint density at radius 3 is 2.87 bits per heavy atom. The van der Waals surface area contributed by atoms with Crippen molar-refractivity contribution >= 4 is 30.2 Å². The van der Waals surface area contributed by atoms with Gasteiger partial charge in [0, 0.05) is 17.2 Å². The Bertz CT molecular complexity index is 714. The summed E-state index contributed by atoms with van der Waals surface area (Å²) in [5.41, 5.74) is 2.45. The number of nitrogens with zero attached hydrogens (tertiary/aromatic N) is 1. The molecule has 164 valence electrons. The van der Waals surface area contributed by atoms with Crippen LogP contribution in [0.3, 0.4) is 0 Å². The number of esters is 1. The molecule has 2 N–H and O–H groups in total. The van der Waals surface area contributed by atoms with Crippen molar-refractivity contribution in [3.8, 4) is 0 Å². The molecule has 1 aliphatic heterocycles. The molecule has 8 nitrogen and oxygen atoms in total. The van der Waals surface area contributed by atoms with Crippen molar-refractivity contribution in [1.82, 2.24) is 10.1 Å². The van der Waals surface area contributed by atoms with Gasteiger partial charge in [-0.15, -0.1) is 0 Å². The van der Waals surface area contributed by atoms with Gasteiger partial charge in [0.1, 0.15) is 6.10 Å². The molecule has 0 aromatic heterocycles. The Balaban J connectivity index is 1.73. The predicted molar refractivity (Wildman–Crippen MR) is 116 cm³/mol. The third kappa shape index (κ3) is 9.43. The number of nitrogens with one attached hydrogen (secondary N) is 2. The molecule has 0 radical (unpaired) electrons. The molecule has 30 heavy (non-hydrogen) atoms. The van der Waals surface area contributed by atoms with Crippen molar-refractivity contribution in [2.75, 3.05) is 13.7 Å². The van der Waals surface area contributed by atoms with Gasteiger partial charge in [-0.3, -0.25) is 9.52 Å². The quantitative estimate of drug-likeness (QED) is 0.145. The van der Waals surface area contributed by atoms with E-state index in [0.717, 1.165) is 24.2 Å². The molecule has 1 aromatic rings. The zero-order valence-corrected chi connectivity index (χ0v) is 18.1. The Kier molecular flexibility index (Phi) is 11.0. The molecule has 0 bridgehead atoms. The molecule has 0 spiro atoms. The zero-order chi connectivity index (χ0) is 21.6. The lowest BCUT2D eigenvalue weighted by Crippen LogP contribution is -2.40. The third-order valence-electron chi connectivity index (χ3n) is 4.34. The number of carbonyl (C=O) groups is 2. The molecule has 1 saturated heterocycles. The summed E-state index contributed by atoms with van der Waals surface area (Å²) in [5, 5.41) is 4.02. The van der Waals surface area contributed by atoms with Crippen LogP contribution in [0.1, 0.15) is 32.6 Å². The predicted octanol–water partition coefficient (Wildman–Crippen LogP) is 3.65. The summed E-state index contributed by atoms with van der Waals surface area (Å²) in [7, 11) is 1.39. The van der Waals surface area contributed by atoms with Crippen LogP contribution in [0.5, 0.6) is 0 Å². The van der Waals surface area contributed by atoms with Gasteiger partial charge in [-0.05, 0) is 50.3 Å². The van der Waals surface area contributed by atoms with Crippen LogP contribution in [0.4, 0.5) is 4.79 Å². The normalized spacial score (nSPS) is 21.6. The van der Waals surface area contributed by atoms with Crippen LogP contribution >= 0.6 is 11.9 Å². The summed E-state index contributed by atoms with van der Waals surface area (Å²) < 4.78 is 18.7. The smallest absolute Gasteiger partial charge is 0.345 e. The second kappa shape index (κ2) is 13.8. The van der Waals surface area contributed by atoms with Crippen molar-refractivity contribution < 1.29 is 23.8 Å². The fourth-order valence-electron chi connectivity index (χ4n) is 2.73. The number of urea groups is 1. The monoisotopic (exact) mass is 435 g/mol. The minimum Gasteiger partial charge on any atom is -0.469 e. The SMILES string of the molecule is COC(=O)CCC/C=C\C[C@H]1CO[C@@H](C)O[C@H]1/C=N/NC(=O)NSc1ccccc1. The summed E-state index contributed by atoms with van der Waals surface area (Å²) in [6.07, 6.45) is 7.82. The summed E-state index contributed by atoms with van der Waals surface area (Å²) >= 11 is 1.21. The first-order chi connectivity index (χ1) is 14.6. The van der Waals surface area contributed by atoms with Crippen LogP contribution in [0.15, 0.2) is 52.5 Å². The first kappa shape index (κ1) is 23.9. The van der Waals surface area contributed by atoms with Gasteiger partial charge >= 0.3 is 12.0 Å². The number of allylic oxidation sites excluding steroid dienone is 2. The highest BCUT2D eigenvalue weighted by Crippen LogP contribution is 2.21. The molecule has 2 amide bonds. The molecule has 0 aliphatic carbocycles. The summed E-state index contributed by atoms with van der Waals surface area (Å²) in [5.74, 6) is -0.105. The van der Waals surface area contributed by atoms with Gasteiger partial charge < -0.3 is 14.2 Å². The molecule has 2 rings (SSSR count). The molecule has 1 aromatic carbocycles. The van der Waals surface area contributed by atoms with E-state index in [1.807, 2.05) is 43.3 Å². The molecule has 1 heterocycles. The fourth-order valence-corrected chi connectivity index (χ4v) is 3.28. The fraction of sp³-hybridized carbons (Fsp3) is 0.476. The van der Waals surface area contributed by atoms with Crippen LogP contribution in [0.2, 0.25) is 0 Å². The van der Waals surface area contributed by atoms with E-state index < -0.39 is 6.03 Å². The van der Waals surface area contributed by atoms with Crippen molar-refractivity contribution in [2.24, 2.45) is 11.0 Å². The molecule has 3 atom stereocenters. The van der Waals surface area contributed by atoms with Crippen molar-refractivity contribution in [2.45, 2.75) is 49.9 Å². The molecule has 0 saturated carbocycles. The van der Waals surface area contributed by atoms with Crippen molar-refractivity contribution in [3.63, 3.8) is 0 Å². The van der Waals surface area contributed by atoms with E-state index in [4.69, 9.17) is 9.47 Å². The molecular formula is C21H29N3O5S. The third-order valence-corrected chi connectivity index (χ3v) is 5.13. The van der Waals surface area contributed by atoms with Gasteiger partial charge in [-0.1, -0.05) is 30.4 Å². The second-order valence-electron chi connectivity index (χ2n) is 6.67. The maximum absolute atomic E-state index is 11.9. The van der Waals surface area contributed by atoms with Crippen molar-refractivity contribution in [3.05, 3.63) is 42.5 Å². The van der Waals surface area contributed by atoms with E-state index in [1.165, 1.54) is 19.1 Å². The number of benzene rings is 1. The lowest BCUT2D eigenvalue weighted by Gasteiger charge is -2.32. The van der Waals surface area contributed by atoms with Gasteiger partial charge in [0.2, 0.25) is 0 Å². The lowest BCUT2D eigenvalue weighted by atomic mass is 9.98. The van der Waals surface area contributed by atoms with E-state index in [0.29, 0.717) is 13.0 Å². The Hall–Kier alpha value is -2.36. The zero-order valence-electron chi connectivity index (χ0n) is 17.3. The first-order valence-corrected chi connectivity index (χ1v) is 10.7. The number of hydrogen-bond acceptors (Lipinski definition) is 7. The number of carbonyl (C=O) groups excluding carboxylic acids is 2. The lowest BCUT2D eigenvalue weighted by molar-refractivity contribution is -0.206. The summed E-state index contributed by atoms with van der Waals surface area (Å²) in [6.45, 7) is 2.37. The number of hydrazone groups is 1. The van der Waals surface area contributed by atoms with Gasteiger partial charge in [0.05, 0.1) is 19.9 Å². The van der Waals surface area contributed by atoms with Crippen LogP contribution in [-0.2, 0) is 19.0 Å². The van der Waals surface area contributed by atoms with E-state index in [9.17, 15) is 9.59 Å². The van der Waals surface area contributed by atoms with Gasteiger partial charge in [-0.2, -0.15) is 5.10 Å². The average molecular weight is 436 g/mol. The number of rotatable bonds is 10. The highest BCUT2D eigenvalue weighted by atomic mass is 32.2. The minimum absolute atomic E-state index is 0.0883. The summed E-state index contributed by atoms with van der Waals surface area (Å²) in [6, 6.07) is 9.10. The largest absolute Gasteiger partial charge is 0.469 e. The number of amides is 2. The topological polar surface area (TPSA) is 98.2 Å². The standard InChI is InChI=1S/C21H29N3O5S/c1-16-28-15-17(10-6-3-4-9-13-20(25)27-2)19(29-16)14-22-23-21(26)24-30-18-11-7-5-8-12-18/h3,5-8,11-12,14,16-17,19H,4,9-10,13,15H2,1-2H3,(H2,23,24,26)/b6-3-,22-14+/t16-,17+,19+/m1/s1. The van der Waals surface area contributed by atoms with Crippen LogP contribution in [0, 0.1) is 5.92 Å². The Morgan fingerprint density at radius 1 is 1.30 bits per heavy atom. The van der Waals surface area contributed by atoms with Gasteiger partial charge in [-0.25, -0.2) is 10.2 Å². The van der Waals surface area contributed by atoms with Crippen LogP contribution in [0.25, 0.3) is 0 Å². The van der Waals surface area contributed by atoms with E-state index in [2.05, 4.69) is 26.1 Å². The van der Waals surface area contributed by atoms with Crippen LogP contribution < -0.4 is 10.1 Å². The van der Waals surface area contributed by atoms with E-state index in [-0.39, 0.29) is 24.3 Å². The number of hydrogen-bond donors (Lipinski definition) is 2. The number of ether oxygens (including phenoxy) is 3. The highest BCUT2D eigenvalue weighted by molar-refractivity contribution is 7.98. The maximum Gasteiger partial charge on any atom is 0.345 e. The molecule has 9 heteroatoms. The summed E-state index contributed by atoms with van der Waals surface area (Å²) in [4.78, 5) is 23.9. The molecule has 1 aliphatic rings. The van der Waals surface area contributed by atoms with Crippen molar-refractivity contribution in [1.29, 1.82) is 0 Å². The molecule has 0 unspecified atom stereocenters. The molecular weight excluding hydrogens is 406 g/mol. The van der Waals surface area contributed by atoms with Gasteiger partial charge in [0.15, 0.2) is 6.29 Å². The first-order valence-electron chi connectivity index (χ1n) is 9.88. The molecule has 1 fully saturated rings.